The van der Waals surface area contributed by atoms with Crippen molar-refractivity contribution in [1.82, 2.24) is 15.0 Å². The highest BCUT2D eigenvalue weighted by molar-refractivity contribution is 7.90. The standard InChI is InChI=1S/C26H24FN5O4S/c1-17-3-6-20(30-25(33)18-4-7-22(8-5-18)37(2,34)35)14-24(17)32-26-29-11-9-23(31-26)19-13-21(16-28-15-19)36-12-10-27/h3-9,11,13-16H,10,12H2,1-2H3,(H,30,33)(H,29,31,32). The molecule has 0 atom stereocenters. The number of alkyl halides is 1. The third-order valence-corrected chi connectivity index (χ3v) is 6.43. The Balaban J connectivity index is 1.50. The van der Waals surface area contributed by atoms with Crippen LogP contribution in [0.1, 0.15) is 15.9 Å². The molecule has 2 N–H and O–H groups in total. The molecule has 0 saturated heterocycles. The van der Waals surface area contributed by atoms with Gasteiger partial charge in [0.05, 0.1) is 16.8 Å². The second-order valence-electron chi connectivity index (χ2n) is 8.12. The van der Waals surface area contributed by atoms with Crippen molar-refractivity contribution in [1.29, 1.82) is 0 Å². The molecule has 37 heavy (non-hydrogen) atoms. The van der Waals surface area contributed by atoms with E-state index in [2.05, 4.69) is 25.6 Å². The number of ether oxygens (including phenoxy) is 1. The Bertz CT molecular complexity index is 1530. The number of anilines is 3. The first-order valence-corrected chi connectivity index (χ1v) is 13.1. The summed E-state index contributed by atoms with van der Waals surface area (Å²) < 4.78 is 41.0. The summed E-state index contributed by atoms with van der Waals surface area (Å²) in [5, 5.41) is 5.98. The van der Waals surface area contributed by atoms with E-state index in [1.807, 2.05) is 13.0 Å². The molecule has 4 aromatic rings. The Hall–Kier alpha value is -4.38. The average Bonchev–Trinajstić information content (AvgIpc) is 2.89. The normalized spacial score (nSPS) is 11.1. The molecule has 0 aliphatic carbocycles. The van der Waals surface area contributed by atoms with Gasteiger partial charge >= 0.3 is 0 Å². The monoisotopic (exact) mass is 521 g/mol. The molecule has 0 radical (unpaired) electrons. The van der Waals surface area contributed by atoms with Crippen LogP contribution in [0.4, 0.5) is 21.7 Å². The molecule has 190 valence electrons. The number of amides is 1. The molecule has 0 spiro atoms. The lowest BCUT2D eigenvalue weighted by molar-refractivity contribution is 0.102. The summed E-state index contributed by atoms with van der Waals surface area (Å²) in [6.45, 7) is 1.25. The summed E-state index contributed by atoms with van der Waals surface area (Å²) in [5.41, 5.74) is 3.71. The third kappa shape index (κ3) is 6.64. The number of aryl methyl sites for hydroxylation is 1. The van der Waals surface area contributed by atoms with Gasteiger partial charge in [-0.25, -0.2) is 22.8 Å². The number of carbonyl (C=O) groups is 1. The van der Waals surface area contributed by atoms with E-state index < -0.39 is 16.5 Å². The van der Waals surface area contributed by atoms with Crippen molar-refractivity contribution in [2.75, 3.05) is 30.2 Å². The molecular formula is C26H24FN5O4S. The van der Waals surface area contributed by atoms with E-state index in [0.717, 1.165) is 11.8 Å². The largest absolute Gasteiger partial charge is 0.489 e. The highest BCUT2D eigenvalue weighted by Gasteiger charge is 2.12. The molecule has 0 aliphatic rings. The van der Waals surface area contributed by atoms with Gasteiger partial charge in [0.25, 0.3) is 5.91 Å². The summed E-state index contributed by atoms with van der Waals surface area (Å²) >= 11 is 0. The SMILES string of the molecule is Cc1ccc(NC(=O)c2ccc(S(C)(=O)=O)cc2)cc1Nc1nccc(-c2cncc(OCCF)c2)n1. The lowest BCUT2D eigenvalue weighted by Crippen LogP contribution is -2.12. The van der Waals surface area contributed by atoms with E-state index in [0.29, 0.717) is 39.9 Å². The van der Waals surface area contributed by atoms with E-state index in [9.17, 15) is 17.6 Å². The second-order valence-corrected chi connectivity index (χ2v) is 10.1. The highest BCUT2D eigenvalue weighted by Crippen LogP contribution is 2.26. The molecule has 1 amide bonds. The Labute approximate surface area is 213 Å². The molecule has 0 fully saturated rings. The molecule has 4 rings (SSSR count). The summed E-state index contributed by atoms with van der Waals surface area (Å²) in [7, 11) is -3.35. The van der Waals surface area contributed by atoms with Gasteiger partial charge in [-0.2, -0.15) is 0 Å². The molecule has 11 heteroatoms. The van der Waals surface area contributed by atoms with E-state index in [4.69, 9.17) is 4.74 Å². The summed E-state index contributed by atoms with van der Waals surface area (Å²) in [4.78, 5) is 25.8. The Kier molecular flexibility index (Phi) is 7.73. The summed E-state index contributed by atoms with van der Waals surface area (Å²) in [6.07, 6.45) is 5.84. The first-order valence-electron chi connectivity index (χ1n) is 11.2. The predicted octanol–water partition coefficient (Wildman–Crippen LogP) is 4.59. The van der Waals surface area contributed by atoms with Crippen LogP contribution in [0, 0.1) is 6.92 Å². The molecule has 2 aromatic carbocycles. The first kappa shape index (κ1) is 25.7. The average molecular weight is 522 g/mol. The van der Waals surface area contributed by atoms with Crippen molar-refractivity contribution >= 4 is 33.1 Å². The van der Waals surface area contributed by atoms with Crippen LogP contribution in [0.2, 0.25) is 0 Å². The van der Waals surface area contributed by atoms with Crippen LogP contribution in [0.3, 0.4) is 0 Å². The number of benzene rings is 2. The third-order valence-electron chi connectivity index (χ3n) is 5.30. The van der Waals surface area contributed by atoms with Crippen molar-refractivity contribution in [2.24, 2.45) is 0 Å². The molecule has 0 unspecified atom stereocenters. The fourth-order valence-corrected chi connectivity index (χ4v) is 4.02. The molecule has 0 bridgehead atoms. The highest BCUT2D eigenvalue weighted by atomic mass is 32.2. The van der Waals surface area contributed by atoms with E-state index in [-0.39, 0.29) is 17.4 Å². The van der Waals surface area contributed by atoms with Crippen molar-refractivity contribution in [2.45, 2.75) is 11.8 Å². The minimum absolute atomic E-state index is 0.0557. The number of sulfone groups is 1. The van der Waals surface area contributed by atoms with Gasteiger partial charge in [-0.1, -0.05) is 6.07 Å². The van der Waals surface area contributed by atoms with Crippen LogP contribution < -0.4 is 15.4 Å². The number of carbonyl (C=O) groups excluding carboxylic acids is 1. The number of aromatic nitrogens is 3. The Morgan fingerprint density at radius 3 is 2.57 bits per heavy atom. The van der Waals surface area contributed by atoms with Crippen LogP contribution in [-0.2, 0) is 9.84 Å². The lowest BCUT2D eigenvalue weighted by atomic mass is 10.1. The van der Waals surface area contributed by atoms with Crippen molar-refractivity contribution in [3.05, 3.63) is 84.3 Å². The molecular weight excluding hydrogens is 497 g/mol. The zero-order chi connectivity index (χ0) is 26.4. The van der Waals surface area contributed by atoms with Gasteiger partial charge in [0.15, 0.2) is 9.84 Å². The minimum atomic E-state index is -3.35. The fraction of sp³-hybridized carbons (Fsp3) is 0.154. The zero-order valence-electron chi connectivity index (χ0n) is 20.1. The predicted molar refractivity (Wildman–Crippen MR) is 139 cm³/mol. The summed E-state index contributed by atoms with van der Waals surface area (Å²) in [5.74, 6) is 0.388. The Morgan fingerprint density at radius 2 is 1.84 bits per heavy atom. The van der Waals surface area contributed by atoms with Crippen LogP contribution in [0.5, 0.6) is 5.75 Å². The Morgan fingerprint density at radius 1 is 1.05 bits per heavy atom. The maximum atomic E-state index is 12.7. The maximum Gasteiger partial charge on any atom is 0.255 e. The fourth-order valence-electron chi connectivity index (χ4n) is 3.39. The number of hydrogen-bond acceptors (Lipinski definition) is 8. The van der Waals surface area contributed by atoms with Crippen LogP contribution in [0.25, 0.3) is 11.3 Å². The summed E-state index contributed by atoms with van der Waals surface area (Å²) in [6, 6.07) is 14.5. The number of halogens is 1. The van der Waals surface area contributed by atoms with Crippen LogP contribution in [0.15, 0.2) is 78.1 Å². The molecule has 9 nitrogen and oxygen atoms in total. The van der Waals surface area contributed by atoms with E-state index >= 15 is 0 Å². The van der Waals surface area contributed by atoms with Crippen molar-refractivity contribution in [3.63, 3.8) is 0 Å². The van der Waals surface area contributed by atoms with E-state index in [1.165, 1.54) is 30.5 Å². The minimum Gasteiger partial charge on any atom is -0.489 e. The molecule has 0 aliphatic heterocycles. The van der Waals surface area contributed by atoms with Gasteiger partial charge in [0.1, 0.15) is 19.0 Å². The number of nitrogens with zero attached hydrogens (tertiary/aromatic N) is 3. The second kappa shape index (κ2) is 11.1. The number of rotatable bonds is 9. The van der Waals surface area contributed by atoms with Crippen LogP contribution in [-0.4, -0.2) is 48.8 Å². The van der Waals surface area contributed by atoms with Gasteiger partial charge in [-0.15, -0.1) is 0 Å². The number of pyridine rings is 1. The number of nitrogens with one attached hydrogen (secondary N) is 2. The van der Waals surface area contributed by atoms with Crippen LogP contribution >= 0.6 is 0 Å². The van der Waals surface area contributed by atoms with Crippen molar-refractivity contribution in [3.8, 4) is 17.0 Å². The quantitative estimate of drug-likeness (QED) is 0.328. The van der Waals surface area contributed by atoms with Gasteiger partial charge < -0.3 is 15.4 Å². The molecule has 2 aromatic heterocycles. The van der Waals surface area contributed by atoms with Gasteiger partial charge in [-0.05, 0) is 61.0 Å². The lowest BCUT2D eigenvalue weighted by Gasteiger charge is -2.12. The van der Waals surface area contributed by atoms with Crippen molar-refractivity contribution < 1.29 is 22.3 Å². The van der Waals surface area contributed by atoms with Gasteiger partial charge in [-0.3, -0.25) is 9.78 Å². The molecule has 0 saturated carbocycles. The topological polar surface area (TPSA) is 123 Å². The van der Waals surface area contributed by atoms with Gasteiger partial charge in [0, 0.05) is 41.2 Å². The van der Waals surface area contributed by atoms with Gasteiger partial charge in [0.2, 0.25) is 5.95 Å². The molecule has 2 heterocycles. The maximum absolute atomic E-state index is 12.7. The smallest absolute Gasteiger partial charge is 0.255 e. The number of hydrogen-bond donors (Lipinski definition) is 2. The zero-order valence-corrected chi connectivity index (χ0v) is 20.9. The first-order chi connectivity index (χ1) is 17.7. The van der Waals surface area contributed by atoms with E-state index in [1.54, 1.807) is 36.7 Å².